The summed E-state index contributed by atoms with van der Waals surface area (Å²) >= 11 is 0. The Hall–Kier alpha value is -2.29. The third kappa shape index (κ3) is 3.55. The van der Waals surface area contributed by atoms with E-state index in [2.05, 4.69) is 10.3 Å². The van der Waals surface area contributed by atoms with Crippen molar-refractivity contribution in [2.24, 2.45) is 0 Å². The van der Waals surface area contributed by atoms with Crippen molar-refractivity contribution in [3.63, 3.8) is 0 Å². The minimum absolute atomic E-state index is 0.0654. The van der Waals surface area contributed by atoms with E-state index in [-0.39, 0.29) is 17.9 Å². The van der Waals surface area contributed by atoms with Crippen LogP contribution in [0.5, 0.6) is 5.75 Å². The van der Waals surface area contributed by atoms with Crippen molar-refractivity contribution in [3.05, 3.63) is 29.7 Å². The average Bonchev–Trinajstić information content (AvgIpc) is 2.91. The molecule has 6 nitrogen and oxygen atoms in total. The molecule has 0 aliphatic carbocycles. The Bertz CT molecular complexity index is 698. The summed E-state index contributed by atoms with van der Waals surface area (Å²) in [7, 11) is 2.82. The van der Waals surface area contributed by atoms with Crippen molar-refractivity contribution < 1.29 is 27.4 Å². The van der Waals surface area contributed by atoms with E-state index in [1.807, 2.05) is 0 Å². The zero-order valence-electron chi connectivity index (χ0n) is 12.6. The number of hydrogen-bond acceptors (Lipinski definition) is 4. The van der Waals surface area contributed by atoms with Crippen molar-refractivity contribution in [1.82, 2.24) is 14.7 Å². The zero-order chi connectivity index (χ0) is 17.0. The van der Waals surface area contributed by atoms with Crippen LogP contribution < -0.4 is 10.1 Å². The van der Waals surface area contributed by atoms with Crippen LogP contribution in [0.25, 0.3) is 5.65 Å². The van der Waals surface area contributed by atoms with Gasteiger partial charge in [0.1, 0.15) is 5.69 Å². The van der Waals surface area contributed by atoms with E-state index in [4.69, 9.17) is 9.47 Å². The molecule has 0 atom stereocenters. The molecular formula is C14H16F3N3O3. The molecule has 1 amide bonds. The van der Waals surface area contributed by atoms with E-state index >= 15 is 0 Å². The first kappa shape index (κ1) is 17.1. The molecule has 2 aromatic rings. The average molecular weight is 331 g/mol. The second-order valence-corrected chi connectivity index (χ2v) is 4.68. The lowest BCUT2D eigenvalue weighted by atomic mass is 10.3. The van der Waals surface area contributed by atoms with E-state index < -0.39 is 23.5 Å². The van der Waals surface area contributed by atoms with Gasteiger partial charge in [0.2, 0.25) is 0 Å². The lowest BCUT2D eigenvalue weighted by molar-refractivity contribution is -0.141. The van der Waals surface area contributed by atoms with Crippen molar-refractivity contribution in [2.45, 2.75) is 12.6 Å². The molecule has 2 rings (SSSR count). The number of hydrogen-bond donors (Lipinski definition) is 1. The van der Waals surface area contributed by atoms with Crippen molar-refractivity contribution in [2.75, 3.05) is 27.4 Å². The Kier molecular flexibility index (Phi) is 5.09. The van der Waals surface area contributed by atoms with Crippen LogP contribution in [0.2, 0.25) is 0 Å². The van der Waals surface area contributed by atoms with Gasteiger partial charge < -0.3 is 14.8 Å². The highest BCUT2D eigenvalue weighted by Gasteiger charge is 2.40. The molecule has 0 aromatic carbocycles. The second-order valence-electron chi connectivity index (χ2n) is 4.68. The SMILES string of the molecule is COCCCNC(=O)c1c(C(F)(F)F)nc2c(OC)cccn12. The number of carbonyl (C=O) groups excluding carboxylic acids is 1. The predicted octanol–water partition coefficient (Wildman–Crippen LogP) is 2.13. The smallest absolute Gasteiger partial charge is 0.435 e. The summed E-state index contributed by atoms with van der Waals surface area (Å²) in [5.74, 6) is -0.703. The van der Waals surface area contributed by atoms with Crippen LogP contribution in [0.1, 0.15) is 22.6 Å². The molecular weight excluding hydrogens is 315 g/mol. The first-order valence-electron chi connectivity index (χ1n) is 6.79. The van der Waals surface area contributed by atoms with Gasteiger partial charge in [0.05, 0.1) is 7.11 Å². The molecule has 126 valence electrons. The lowest BCUT2D eigenvalue weighted by Gasteiger charge is -2.09. The van der Waals surface area contributed by atoms with Gasteiger partial charge in [-0.3, -0.25) is 9.20 Å². The largest absolute Gasteiger partial charge is 0.493 e. The highest BCUT2D eigenvalue weighted by Crippen LogP contribution is 2.33. The van der Waals surface area contributed by atoms with Crippen LogP contribution in [0, 0.1) is 0 Å². The Morgan fingerprint density at radius 2 is 2.13 bits per heavy atom. The van der Waals surface area contributed by atoms with E-state index in [1.165, 1.54) is 32.5 Å². The van der Waals surface area contributed by atoms with Gasteiger partial charge in [0.25, 0.3) is 5.91 Å². The maximum Gasteiger partial charge on any atom is 0.435 e. The number of carbonyl (C=O) groups is 1. The monoisotopic (exact) mass is 331 g/mol. The van der Waals surface area contributed by atoms with E-state index in [9.17, 15) is 18.0 Å². The maximum atomic E-state index is 13.2. The van der Waals surface area contributed by atoms with Crippen molar-refractivity contribution in [1.29, 1.82) is 0 Å². The second kappa shape index (κ2) is 6.86. The van der Waals surface area contributed by atoms with Crippen LogP contribution in [0.4, 0.5) is 13.2 Å². The summed E-state index contributed by atoms with van der Waals surface area (Å²) in [6, 6.07) is 2.96. The normalized spacial score (nSPS) is 11.7. The van der Waals surface area contributed by atoms with Crippen LogP contribution in [-0.4, -0.2) is 42.7 Å². The van der Waals surface area contributed by atoms with Gasteiger partial charge >= 0.3 is 6.18 Å². The number of nitrogens with zero attached hydrogens (tertiary/aromatic N) is 2. The van der Waals surface area contributed by atoms with Crippen LogP contribution in [0.15, 0.2) is 18.3 Å². The fraction of sp³-hybridized carbons (Fsp3) is 0.429. The van der Waals surface area contributed by atoms with Crippen LogP contribution in [-0.2, 0) is 10.9 Å². The number of amides is 1. The molecule has 0 spiro atoms. The third-order valence-corrected chi connectivity index (χ3v) is 3.13. The molecule has 0 saturated heterocycles. The topological polar surface area (TPSA) is 64.9 Å². The molecule has 23 heavy (non-hydrogen) atoms. The molecule has 0 aliphatic heterocycles. The minimum Gasteiger partial charge on any atom is -0.493 e. The molecule has 1 N–H and O–H groups in total. The molecule has 0 unspecified atom stereocenters. The summed E-state index contributed by atoms with van der Waals surface area (Å²) in [6.45, 7) is 0.592. The molecule has 2 aromatic heterocycles. The summed E-state index contributed by atoms with van der Waals surface area (Å²) in [5, 5.41) is 2.44. The molecule has 0 radical (unpaired) electrons. The number of methoxy groups -OCH3 is 2. The van der Waals surface area contributed by atoms with Gasteiger partial charge in [-0.2, -0.15) is 13.2 Å². The number of ether oxygens (including phenoxy) is 2. The molecule has 2 heterocycles. The van der Waals surface area contributed by atoms with Crippen molar-refractivity contribution >= 4 is 11.6 Å². The third-order valence-electron chi connectivity index (χ3n) is 3.13. The number of alkyl halides is 3. The quantitative estimate of drug-likeness (QED) is 0.824. The highest BCUT2D eigenvalue weighted by atomic mass is 19.4. The van der Waals surface area contributed by atoms with Gasteiger partial charge in [-0.25, -0.2) is 4.98 Å². The summed E-state index contributed by atoms with van der Waals surface area (Å²) in [6.07, 6.45) is -2.93. The Labute approximate surface area is 130 Å². The standard InChI is InChI=1S/C14H16F3N3O3/c1-22-8-4-6-18-13(21)10-11(14(15,16)17)19-12-9(23-2)5-3-7-20(10)12/h3,5,7H,4,6,8H2,1-2H3,(H,18,21). The van der Waals surface area contributed by atoms with Gasteiger partial charge in [-0.15, -0.1) is 0 Å². The number of halogens is 3. The van der Waals surface area contributed by atoms with E-state index in [1.54, 1.807) is 0 Å². The van der Waals surface area contributed by atoms with E-state index in [0.29, 0.717) is 13.0 Å². The minimum atomic E-state index is -4.75. The molecule has 0 saturated carbocycles. The Morgan fingerprint density at radius 1 is 1.39 bits per heavy atom. The predicted molar refractivity (Wildman–Crippen MR) is 75.6 cm³/mol. The lowest BCUT2D eigenvalue weighted by Crippen LogP contribution is -2.28. The molecule has 0 bridgehead atoms. The van der Waals surface area contributed by atoms with E-state index in [0.717, 1.165) is 4.40 Å². The number of aromatic nitrogens is 2. The van der Waals surface area contributed by atoms with Crippen LogP contribution in [0.3, 0.4) is 0 Å². The number of rotatable bonds is 6. The van der Waals surface area contributed by atoms with Crippen molar-refractivity contribution in [3.8, 4) is 5.75 Å². The number of nitrogens with one attached hydrogen (secondary N) is 1. The van der Waals surface area contributed by atoms with Crippen LogP contribution >= 0.6 is 0 Å². The number of fused-ring (bicyclic) bond motifs is 1. The van der Waals surface area contributed by atoms with Gasteiger partial charge in [0.15, 0.2) is 17.1 Å². The molecule has 9 heteroatoms. The summed E-state index contributed by atoms with van der Waals surface area (Å²) < 4.78 is 50.5. The first-order valence-corrected chi connectivity index (χ1v) is 6.79. The van der Waals surface area contributed by atoms with Gasteiger partial charge in [-0.1, -0.05) is 0 Å². The molecule has 0 aliphatic rings. The molecule has 0 fully saturated rings. The number of pyridine rings is 1. The first-order chi connectivity index (χ1) is 10.9. The zero-order valence-corrected chi connectivity index (χ0v) is 12.6. The van der Waals surface area contributed by atoms with Gasteiger partial charge in [-0.05, 0) is 18.6 Å². The Morgan fingerprint density at radius 3 is 2.74 bits per heavy atom. The van der Waals surface area contributed by atoms with Gasteiger partial charge in [0, 0.05) is 26.5 Å². The maximum absolute atomic E-state index is 13.2. The Balaban J connectivity index is 2.45. The highest BCUT2D eigenvalue weighted by molar-refractivity contribution is 5.95. The summed E-state index contributed by atoms with van der Waals surface area (Å²) in [5.41, 5.74) is -1.88. The fourth-order valence-corrected chi connectivity index (χ4v) is 2.12. The summed E-state index contributed by atoms with van der Waals surface area (Å²) in [4.78, 5) is 15.7. The fourth-order valence-electron chi connectivity index (χ4n) is 2.12. The number of imidazole rings is 1.